The summed E-state index contributed by atoms with van der Waals surface area (Å²) >= 11 is 0. The van der Waals surface area contributed by atoms with Crippen molar-refractivity contribution in [3.05, 3.63) is 29.3 Å². The van der Waals surface area contributed by atoms with Gasteiger partial charge in [-0.2, -0.15) is 0 Å². The van der Waals surface area contributed by atoms with Gasteiger partial charge in [0.15, 0.2) is 0 Å². The van der Waals surface area contributed by atoms with Crippen molar-refractivity contribution in [1.82, 2.24) is 5.32 Å². The zero-order valence-electron chi connectivity index (χ0n) is 11.6. The number of aryl methyl sites for hydroxylation is 1. The highest BCUT2D eigenvalue weighted by atomic mass is 16.5. The van der Waals surface area contributed by atoms with Crippen molar-refractivity contribution in [2.45, 2.75) is 13.5 Å². The van der Waals surface area contributed by atoms with Crippen molar-refractivity contribution in [2.75, 3.05) is 45.4 Å². The molecule has 1 rings (SSSR count). The topological polar surface area (TPSA) is 44.7 Å². The number of methoxy groups -OCH3 is 1. The van der Waals surface area contributed by atoms with Crippen LogP contribution in [0.2, 0.25) is 0 Å². The average molecular weight is 252 g/mol. The molecule has 102 valence electrons. The Morgan fingerprint density at radius 1 is 1.39 bits per heavy atom. The first-order chi connectivity index (χ1) is 8.69. The van der Waals surface area contributed by atoms with E-state index in [-0.39, 0.29) is 6.61 Å². The maximum absolute atomic E-state index is 8.93. The highest BCUT2D eigenvalue weighted by Gasteiger charge is 2.03. The van der Waals surface area contributed by atoms with Crippen LogP contribution in [-0.4, -0.2) is 45.6 Å². The fraction of sp³-hybridized carbons (Fsp3) is 0.571. The van der Waals surface area contributed by atoms with Crippen LogP contribution in [-0.2, 0) is 11.3 Å². The monoisotopic (exact) mass is 252 g/mol. The Hall–Kier alpha value is -1.10. The number of ether oxygens (including phenoxy) is 1. The molecule has 1 aromatic carbocycles. The fourth-order valence-electron chi connectivity index (χ4n) is 1.79. The van der Waals surface area contributed by atoms with E-state index in [4.69, 9.17) is 9.84 Å². The van der Waals surface area contributed by atoms with Crippen LogP contribution in [0.1, 0.15) is 11.1 Å². The van der Waals surface area contributed by atoms with Crippen LogP contribution >= 0.6 is 0 Å². The van der Waals surface area contributed by atoms with Crippen LogP contribution < -0.4 is 10.2 Å². The van der Waals surface area contributed by atoms with E-state index in [2.05, 4.69) is 35.3 Å². The van der Waals surface area contributed by atoms with Crippen LogP contribution in [0.15, 0.2) is 18.2 Å². The second-order valence-electron chi connectivity index (χ2n) is 4.43. The lowest BCUT2D eigenvalue weighted by molar-refractivity contribution is 0.199. The minimum atomic E-state index is 0.176. The molecule has 4 heteroatoms. The Kier molecular flexibility index (Phi) is 6.72. The number of likely N-dealkylation sites (N-methyl/N-ethyl adjacent to an activating group) is 1. The lowest BCUT2D eigenvalue weighted by Gasteiger charge is -2.19. The Morgan fingerprint density at radius 3 is 2.78 bits per heavy atom. The third kappa shape index (κ3) is 4.64. The second-order valence-corrected chi connectivity index (χ2v) is 4.43. The molecule has 0 bridgehead atoms. The number of aliphatic hydroxyl groups is 1. The van der Waals surface area contributed by atoms with E-state index in [9.17, 15) is 0 Å². The van der Waals surface area contributed by atoms with Gasteiger partial charge in [0.2, 0.25) is 0 Å². The van der Waals surface area contributed by atoms with Crippen LogP contribution in [0.3, 0.4) is 0 Å². The Labute approximate surface area is 110 Å². The molecule has 2 N–H and O–H groups in total. The SMILES string of the molecule is COCCNCc1ccc(N(C)CCO)cc1C. The van der Waals surface area contributed by atoms with Crippen LogP contribution in [0.5, 0.6) is 0 Å². The molecule has 0 saturated carbocycles. The Balaban J connectivity index is 2.56. The second kappa shape index (κ2) is 8.08. The summed E-state index contributed by atoms with van der Waals surface area (Å²) in [6.07, 6.45) is 0. The summed E-state index contributed by atoms with van der Waals surface area (Å²) in [5.74, 6) is 0. The maximum Gasteiger partial charge on any atom is 0.0606 e. The molecular weight excluding hydrogens is 228 g/mol. The van der Waals surface area contributed by atoms with E-state index in [1.165, 1.54) is 11.1 Å². The number of nitrogens with one attached hydrogen (secondary N) is 1. The molecule has 1 aromatic rings. The highest BCUT2D eigenvalue weighted by Crippen LogP contribution is 2.17. The summed E-state index contributed by atoms with van der Waals surface area (Å²) in [6.45, 7) is 5.40. The van der Waals surface area contributed by atoms with Gasteiger partial charge in [-0.05, 0) is 30.2 Å². The lowest BCUT2D eigenvalue weighted by atomic mass is 10.1. The maximum atomic E-state index is 8.93. The van der Waals surface area contributed by atoms with Crippen LogP contribution in [0.25, 0.3) is 0 Å². The first-order valence-corrected chi connectivity index (χ1v) is 6.30. The van der Waals surface area contributed by atoms with Crippen molar-refractivity contribution >= 4 is 5.69 Å². The third-order valence-corrected chi connectivity index (χ3v) is 3.00. The summed E-state index contributed by atoms with van der Waals surface area (Å²) in [5, 5.41) is 12.3. The number of rotatable bonds is 8. The molecular formula is C14H24N2O2. The minimum Gasteiger partial charge on any atom is -0.395 e. The predicted molar refractivity (Wildman–Crippen MR) is 75.1 cm³/mol. The van der Waals surface area contributed by atoms with Crippen LogP contribution in [0, 0.1) is 6.92 Å². The smallest absolute Gasteiger partial charge is 0.0606 e. The molecule has 0 heterocycles. The van der Waals surface area contributed by atoms with Gasteiger partial charge < -0.3 is 20.1 Å². The zero-order valence-corrected chi connectivity index (χ0v) is 11.6. The molecule has 0 aromatic heterocycles. The molecule has 4 nitrogen and oxygen atoms in total. The predicted octanol–water partition coefficient (Wildman–Crippen LogP) is 1.16. The first kappa shape index (κ1) is 15.0. The quantitative estimate of drug-likeness (QED) is 0.682. The van der Waals surface area contributed by atoms with Gasteiger partial charge in [0.05, 0.1) is 13.2 Å². The van der Waals surface area contributed by atoms with Gasteiger partial charge in [0.25, 0.3) is 0 Å². The van der Waals surface area contributed by atoms with Crippen molar-refractivity contribution < 1.29 is 9.84 Å². The number of hydrogen-bond acceptors (Lipinski definition) is 4. The Morgan fingerprint density at radius 2 is 2.17 bits per heavy atom. The average Bonchev–Trinajstić information content (AvgIpc) is 2.36. The molecule has 0 spiro atoms. The van der Waals surface area contributed by atoms with Gasteiger partial charge in [-0.3, -0.25) is 0 Å². The number of benzene rings is 1. The summed E-state index contributed by atoms with van der Waals surface area (Å²) in [5.41, 5.74) is 3.71. The van der Waals surface area contributed by atoms with Crippen molar-refractivity contribution in [1.29, 1.82) is 0 Å². The standard InChI is InChI=1S/C14H24N2O2/c1-12-10-14(16(2)7-8-17)5-4-13(12)11-15-6-9-18-3/h4-5,10,15,17H,6-9,11H2,1-3H3. The van der Waals surface area contributed by atoms with Gasteiger partial charge in [-0.25, -0.2) is 0 Å². The molecule has 0 fully saturated rings. The van der Waals surface area contributed by atoms with E-state index < -0.39 is 0 Å². The van der Waals surface area contributed by atoms with Gasteiger partial charge in [-0.1, -0.05) is 6.07 Å². The summed E-state index contributed by atoms with van der Waals surface area (Å²) in [4.78, 5) is 2.05. The van der Waals surface area contributed by atoms with E-state index in [0.29, 0.717) is 6.54 Å². The molecule has 0 atom stereocenters. The van der Waals surface area contributed by atoms with Crippen molar-refractivity contribution in [2.24, 2.45) is 0 Å². The van der Waals surface area contributed by atoms with Gasteiger partial charge in [-0.15, -0.1) is 0 Å². The number of nitrogens with zero attached hydrogens (tertiary/aromatic N) is 1. The Bertz CT molecular complexity index is 356. The normalized spacial score (nSPS) is 10.7. The first-order valence-electron chi connectivity index (χ1n) is 6.30. The van der Waals surface area contributed by atoms with E-state index in [1.54, 1.807) is 7.11 Å². The fourth-order valence-corrected chi connectivity index (χ4v) is 1.79. The number of aliphatic hydroxyl groups excluding tert-OH is 1. The van der Waals surface area contributed by atoms with Gasteiger partial charge in [0.1, 0.15) is 0 Å². The number of hydrogen-bond donors (Lipinski definition) is 2. The molecule has 0 unspecified atom stereocenters. The van der Waals surface area contributed by atoms with E-state index >= 15 is 0 Å². The summed E-state index contributed by atoms with van der Waals surface area (Å²) in [7, 11) is 3.69. The molecule has 0 aliphatic carbocycles. The van der Waals surface area contributed by atoms with Crippen molar-refractivity contribution in [3.63, 3.8) is 0 Å². The van der Waals surface area contributed by atoms with Gasteiger partial charge in [0, 0.05) is 39.5 Å². The molecule has 0 radical (unpaired) electrons. The molecule has 0 aliphatic heterocycles. The molecule has 0 amide bonds. The lowest BCUT2D eigenvalue weighted by Crippen LogP contribution is -2.22. The van der Waals surface area contributed by atoms with Crippen LogP contribution in [0.4, 0.5) is 5.69 Å². The molecule has 18 heavy (non-hydrogen) atoms. The summed E-state index contributed by atoms with van der Waals surface area (Å²) in [6, 6.07) is 6.39. The molecule has 0 aliphatic rings. The third-order valence-electron chi connectivity index (χ3n) is 3.00. The van der Waals surface area contributed by atoms with Crippen molar-refractivity contribution in [3.8, 4) is 0 Å². The summed E-state index contributed by atoms with van der Waals surface area (Å²) < 4.78 is 4.99. The van der Waals surface area contributed by atoms with E-state index in [1.807, 2.05) is 7.05 Å². The van der Waals surface area contributed by atoms with Gasteiger partial charge >= 0.3 is 0 Å². The molecule has 0 saturated heterocycles. The minimum absolute atomic E-state index is 0.176. The highest BCUT2D eigenvalue weighted by molar-refractivity contribution is 5.50. The largest absolute Gasteiger partial charge is 0.395 e. The zero-order chi connectivity index (χ0) is 13.4. The van der Waals surface area contributed by atoms with E-state index in [0.717, 1.165) is 25.4 Å². The number of anilines is 1.